The number of aromatic nitrogens is 2. The van der Waals surface area contributed by atoms with Crippen LogP contribution in [0.1, 0.15) is 12.6 Å². The Labute approximate surface area is 107 Å². The average Bonchev–Trinajstić information content (AvgIpc) is 2.45. The van der Waals surface area contributed by atoms with E-state index in [1.807, 2.05) is 36.4 Å². The Morgan fingerprint density at radius 1 is 1.17 bits per heavy atom. The predicted molar refractivity (Wildman–Crippen MR) is 72.4 cm³/mol. The van der Waals surface area contributed by atoms with Crippen molar-refractivity contribution in [1.82, 2.24) is 9.97 Å². The Morgan fingerprint density at radius 3 is 2.61 bits per heavy atom. The topological polar surface area (TPSA) is 58.0 Å². The second-order valence-corrected chi connectivity index (χ2v) is 3.94. The maximum absolute atomic E-state index is 8.82. The van der Waals surface area contributed by atoms with Crippen LogP contribution in [0.5, 0.6) is 0 Å². The molecule has 4 nitrogen and oxygen atoms in total. The first kappa shape index (κ1) is 12.5. The van der Waals surface area contributed by atoms with Gasteiger partial charge in [0.25, 0.3) is 0 Å². The molecule has 0 spiro atoms. The van der Waals surface area contributed by atoms with E-state index in [9.17, 15) is 0 Å². The van der Waals surface area contributed by atoms with Gasteiger partial charge in [0.05, 0.1) is 12.3 Å². The van der Waals surface area contributed by atoms with E-state index < -0.39 is 0 Å². The van der Waals surface area contributed by atoms with Gasteiger partial charge in [-0.2, -0.15) is 0 Å². The molecular weight excluding hydrogens is 226 g/mol. The third-order valence-corrected chi connectivity index (χ3v) is 2.61. The molecule has 0 amide bonds. The molecule has 18 heavy (non-hydrogen) atoms. The summed E-state index contributed by atoms with van der Waals surface area (Å²) in [5, 5.41) is 11.8. The molecule has 0 unspecified atom stereocenters. The first-order valence-corrected chi connectivity index (χ1v) is 6.11. The number of rotatable bonds is 5. The van der Waals surface area contributed by atoms with Crippen LogP contribution in [-0.4, -0.2) is 28.2 Å². The number of hydrogen-bond acceptors (Lipinski definition) is 4. The molecule has 0 saturated carbocycles. The van der Waals surface area contributed by atoms with Gasteiger partial charge in [0.1, 0.15) is 0 Å². The molecule has 0 radical (unpaired) electrons. The normalized spacial score (nSPS) is 10.3. The van der Waals surface area contributed by atoms with Gasteiger partial charge in [-0.1, -0.05) is 37.3 Å². The number of nitrogens with one attached hydrogen (secondary N) is 1. The number of nitrogens with zero attached hydrogens (tertiary/aromatic N) is 2. The van der Waals surface area contributed by atoms with Gasteiger partial charge in [0.15, 0.2) is 0 Å². The molecule has 0 saturated heterocycles. The van der Waals surface area contributed by atoms with Crippen LogP contribution in [0, 0.1) is 0 Å². The zero-order chi connectivity index (χ0) is 12.8. The highest BCUT2D eigenvalue weighted by molar-refractivity contribution is 5.60. The maximum atomic E-state index is 8.82. The number of aryl methyl sites for hydroxylation is 1. The molecule has 2 rings (SSSR count). The molecule has 2 aromatic rings. The molecule has 1 aromatic carbocycles. The van der Waals surface area contributed by atoms with Crippen molar-refractivity contribution in [2.75, 3.05) is 18.5 Å². The Bertz CT molecular complexity index is 500. The van der Waals surface area contributed by atoms with E-state index in [0.29, 0.717) is 12.5 Å². The van der Waals surface area contributed by atoms with Gasteiger partial charge in [-0.05, 0) is 12.5 Å². The van der Waals surface area contributed by atoms with E-state index >= 15 is 0 Å². The van der Waals surface area contributed by atoms with Crippen molar-refractivity contribution in [2.45, 2.75) is 13.3 Å². The molecule has 4 heteroatoms. The standard InChI is InChI=1S/C14H17N3O/c1-2-12-10-13(11-6-4-3-5-7-11)17-14(16-12)15-8-9-18/h3-7,10,18H,2,8-9H2,1H3,(H,15,16,17). The summed E-state index contributed by atoms with van der Waals surface area (Å²) in [5.74, 6) is 0.572. The molecule has 0 aliphatic rings. The van der Waals surface area contributed by atoms with Crippen molar-refractivity contribution in [3.8, 4) is 11.3 Å². The molecule has 94 valence electrons. The summed E-state index contributed by atoms with van der Waals surface area (Å²) in [6.45, 7) is 2.59. The third-order valence-electron chi connectivity index (χ3n) is 2.61. The quantitative estimate of drug-likeness (QED) is 0.844. The lowest BCUT2D eigenvalue weighted by molar-refractivity contribution is 0.311. The zero-order valence-corrected chi connectivity index (χ0v) is 10.4. The first-order valence-electron chi connectivity index (χ1n) is 6.11. The molecule has 0 bridgehead atoms. The van der Waals surface area contributed by atoms with Crippen molar-refractivity contribution >= 4 is 5.95 Å². The fourth-order valence-electron chi connectivity index (χ4n) is 1.68. The molecule has 2 N–H and O–H groups in total. The smallest absolute Gasteiger partial charge is 0.223 e. The van der Waals surface area contributed by atoms with Crippen LogP contribution in [0.15, 0.2) is 36.4 Å². The van der Waals surface area contributed by atoms with Gasteiger partial charge in [0, 0.05) is 17.8 Å². The molecule has 0 fully saturated rings. The number of aliphatic hydroxyl groups is 1. The maximum Gasteiger partial charge on any atom is 0.223 e. The molecular formula is C14H17N3O. The molecule has 1 heterocycles. The van der Waals surface area contributed by atoms with Crippen molar-refractivity contribution in [3.05, 3.63) is 42.1 Å². The van der Waals surface area contributed by atoms with Crippen LogP contribution in [0.2, 0.25) is 0 Å². The minimum absolute atomic E-state index is 0.0698. The first-order chi connectivity index (χ1) is 8.83. The van der Waals surface area contributed by atoms with Gasteiger partial charge < -0.3 is 10.4 Å². The zero-order valence-electron chi connectivity index (χ0n) is 10.4. The summed E-state index contributed by atoms with van der Waals surface area (Å²) < 4.78 is 0. The van der Waals surface area contributed by atoms with Crippen LogP contribution >= 0.6 is 0 Å². The van der Waals surface area contributed by atoms with Crippen molar-refractivity contribution in [1.29, 1.82) is 0 Å². The Morgan fingerprint density at radius 2 is 1.94 bits per heavy atom. The van der Waals surface area contributed by atoms with E-state index in [4.69, 9.17) is 5.11 Å². The predicted octanol–water partition coefficient (Wildman–Crippen LogP) is 2.11. The van der Waals surface area contributed by atoms with Gasteiger partial charge >= 0.3 is 0 Å². The van der Waals surface area contributed by atoms with Crippen molar-refractivity contribution < 1.29 is 5.11 Å². The number of anilines is 1. The van der Waals surface area contributed by atoms with Crippen molar-refractivity contribution in [3.63, 3.8) is 0 Å². The second-order valence-electron chi connectivity index (χ2n) is 3.94. The number of benzene rings is 1. The van der Waals surface area contributed by atoms with Crippen LogP contribution in [0.3, 0.4) is 0 Å². The van der Waals surface area contributed by atoms with Crippen LogP contribution in [0.25, 0.3) is 11.3 Å². The van der Waals surface area contributed by atoms with Crippen molar-refractivity contribution in [2.24, 2.45) is 0 Å². The molecule has 0 aliphatic heterocycles. The fourth-order valence-corrected chi connectivity index (χ4v) is 1.68. The summed E-state index contributed by atoms with van der Waals surface area (Å²) in [4.78, 5) is 8.84. The summed E-state index contributed by atoms with van der Waals surface area (Å²) in [7, 11) is 0. The highest BCUT2D eigenvalue weighted by atomic mass is 16.3. The van der Waals surface area contributed by atoms with Gasteiger partial charge in [-0.3, -0.25) is 0 Å². The monoisotopic (exact) mass is 243 g/mol. The van der Waals surface area contributed by atoms with E-state index in [2.05, 4.69) is 22.2 Å². The SMILES string of the molecule is CCc1cc(-c2ccccc2)nc(NCCO)n1. The van der Waals surface area contributed by atoms with E-state index in [1.54, 1.807) is 0 Å². The molecule has 0 aliphatic carbocycles. The van der Waals surface area contributed by atoms with Gasteiger partial charge in [0.2, 0.25) is 5.95 Å². The Hall–Kier alpha value is -1.94. The highest BCUT2D eigenvalue weighted by Crippen LogP contribution is 2.19. The number of hydrogen-bond donors (Lipinski definition) is 2. The highest BCUT2D eigenvalue weighted by Gasteiger charge is 2.05. The van der Waals surface area contributed by atoms with E-state index in [0.717, 1.165) is 23.4 Å². The summed E-state index contributed by atoms with van der Waals surface area (Å²) in [5.41, 5.74) is 2.97. The minimum Gasteiger partial charge on any atom is -0.395 e. The lowest BCUT2D eigenvalue weighted by Gasteiger charge is -2.08. The lowest BCUT2D eigenvalue weighted by Crippen LogP contribution is -2.10. The summed E-state index contributed by atoms with van der Waals surface area (Å²) in [6.07, 6.45) is 0.857. The average molecular weight is 243 g/mol. The molecule has 1 aromatic heterocycles. The largest absolute Gasteiger partial charge is 0.395 e. The molecule has 0 atom stereocenters. The van der Waals surface area contributed by atoms with Gasteiger partial charge in [-0.15, -0.1) is 0 Å². The van der Waals surface area contributed by atoms with E-state index in [-0.39, 0.29) is 6.61 Å². The number of aliphatic hydroxyl groups excluding tert-OH is 1. The Kier molecular flexibility index (Phi) is 4.25. The van der Waals surface area contributed by atoms with E-state index in [1.165, 1.54) is 0 Å². The van der Waals surface area contributed by atoms with Gasteiger partial charge in [-0.25, -0.2) is 9.97 Å². The van der Waals surface area contributed by atoms with Crippen LogP contribution in [-0.2, 0) is 6.42 Å². The van der Waals surface area contributed by atoms with Crippen LogP contribution in [0.4, 0.5) is 5.95 Å². The van der Waals surface area contributed by atoms with Crippen LogP contribution < -0.4 is 5.32 Å². The summed E-state index contributed by atoms with van der Waals surface area (Å²) >= 11 is 0. The summed E-state index contributed by atoms with van der Waals surface area (Å²) in [6, 6.07) is 12.0. The minimum atomic E-state index is 0.0698. The Balaban J connectivity index is 2.35. The lowest BCUT2D eigenvalue weighted by atomic mass is 10.1. The fraction of sp³-hybridized carbons (Fsp3) is 0.286. The second kappa shape index (κ2) is 6.12. The third kappa shape index (κ3) is 3.05.